The maximum atomic E-state index is 9.31. The molecule has 0 aliphatic carbocycles. The first-order valence-corrected chi connectivity index (χ1v) is 6.81. The summed E-state index contributed by atoms with van der Waals surface area (Å²) in [5, 5.41) is 20.5. The van der Waals surface area contributed by atoms with Crippen molar-refractivity contribution in [2.24, 2.45) is 0 Å². The summed E-state index contributed by atoms with van der Waals surface area (Å²) in [4.78, 5) is 8.06. The summed E-state index contributed by atoms with van der Waals surface area (Å²) in [7, 11) is 0. The van der Waals surface area contributed by atoms with Gasteiger partial charge in [0, 0.05) is 46.2 Å². The molecule has 2 heterocycles. The molecule has 2 N–H and O–H groups in total. The van der Waals surface area contributed by atoms with Gasteiger partial charge in [-0.2, -0.15) is 0 Å². The summed E-state index contributed by atoms with van der Waals surface area (Å²) in [5.41, 5.74) is 1.32. The van der Waals surface area contributed by atoms with Crippen molar-refractivity contribution in [1.82, 2.24) is 9.97 Å². The molecule has 2 radical (unpaired) electrons. The lowest BCUT2D eigenvalue weighted by Gasteiger charge is -1.96. The second-order valence-electron chi connectivity index (χ2n) is 4.70. The summed E-state index contributed by atoms with van der Waals surface area (Å²) in [6, 6.07) is 18.3. The van der Waals surface area contributed by atoms with Gasteiger partial charge in [-0.1, -0.05) is 36.4 Å². The van der Waals surface area contributed by atoms with Gasteiger partial charge in [-0.05, 0) is 24.3 Å². The van der Waals surface area contributed by atoms with Crippen LogP contribution in [0.2, 0.25) is 0 Å². The van der Waals surface area contributed by atoms with E-state index in [0.717, 1.165) is 10.8 Å². The molecule has 2 aromatic heterocycles. The number of phenolic OH excluding ortho intramolecular Hbond substituents is 2. The lowest BCUT2D eigenvalue weighted by atomic mass is 10.2. The molecule has 0 atom stereocenters. The fraction of sp³-hybridized carbons (Fsp3) is 0. The molecule has 0 spiro atoms. The summed E-state index contributed by atoms with van der Waals surface area (Å²) in [5.74, 6) is 0.478. The molecule has 0 saturated carbocycles. The molecule has 4 aromatic rings. The number of pyridine rings is 2. The van der Waals surface area contributed by atoms with Gasteiger partial charge in [0.05, 0.1) is 0 Å². The predicted octanol–water partition coefficient (Wildman–Crippen LogP) is 3.50. The van der Waals surface area contributed by atoms with Crippen molar-refractivity contribution in [3.05, 3.63) is 73.1 Å². The Morgan fingerprint density at radius 3 is 1.35 bits per heavy atom. The number of hydrogen-bond donors (Lipinski definition) is 2. The molecule has 5 heteroatoms. The van der Waals surface area contributed by atoms with E-state index in [9.17, 15) is 10.2 Å². The van der Waals surface area contributed by atoms with Crippen LogP contribution in [0.25, 0.3) is 21.8 Å². The van der Waals surface area contributed by atoms with Gasteiger partial charge < -0.3 is 10.2 Å². The number of aromatic nitrogens is 2. The molecule has 0 aliphatic rings. The van der Waals surface area contributed by atoms with E-state index in [1.807, 2.05) is 36.4 Å². The summed E-state index contributed by atoms with van der Waals surface area (Å²) < 4.78 is 0. The average molecular weight is 315 g/mol. The van der Waals surface area contributed by atoms with Gasteiger partial charge in [-0.25, -0.2) is 0 Å². The largest absolute Gasteiger partial charge is 0.506 e. The maximum absolute atomic E-state index is 9.31. The molecule has 4 rings (SSSR count). The molecule has 0 saturated heterocycles. The minimum Gasteiger partial charge on any atom is -0.506 e. The number of aromatic hydroxyl groups is 2. The van der Waals surface area contributed by atoms with Crippen LogP contribution in [0.15, 0.2) is 73.1 Å². The van der Waals surface area contributed by atoms with Crippen LogP contribution in [-0.4, -0.2) is 43.2 Å². The van der Waals surface area contributed by atoms with E-state index < -0.39 is 0 Å². The van der Waals surface area contributed by atoms with Gasteiger partial charge in [0.2, 0.25) is 0 Å². The van der Waals surface area contributed by atoms with E-state index in [2.05, 4.69) is 9.97 Å². The summed E-state index contributed by atoms with van der Waals surface area (Å²) >= 11 is 0. The highest BCUT2D eigenvalue weighted by atomic mass is 24.3. The molecule has 0 bridgehead atoms. The van der Waals surface area contributed by atoms with Crippen molar-refractivity contribution < 1.29 is 10.2 Å². The molecule has 4 nitrogen and oxygen atoms in total. The van der Waals surface area contributed by atoms with Crippen LogP contribution in [0.4, 0.5) is 0 Å². The highest BCUT2D eigenvalue weighted by Gasteiger charge is 1.97. The van der Waals surface area contributed by atoms with Gasteiger partial charge in [-0.15, -0.1) is 0 Å². The molecular formula is C18H14MgN2O2. The van der Waals surface area contributed by atoms with Crippen molar-refractivity contribution in [1.29, 1.82) is 0 Å². The first-order chi connectivity index (χ1) is 10.8. The molecule has 0 amide bonds. The van der Waals surface area contributed by atoms with Crippen molar-refractivity contribution in [3.8, 4) is 11.5 Å². The Bertz CT molecular complexity index is 841. The van der Waals surface area contributed by atoms with Crippen LogP contribution in [0.5, 0.6) is 11.5 Å². The third-order valence-corrected chi connectivity index (χ3v) is 3.22. The Balaban J connectivity index is 0.000000160. The van der Waals surface area contributed by atoms with Crippen LogP contribution >= 0.6 is 0 Å². The number of benzene rings is 2. The number of fused-ring (bicyclic) bond motifs is 2. The summed E-state index contributed by atoms with van der Waals surface area (Å²) in [6.45, 7) is 0. The zero-order chi connectivity index (χ0) is 15.4. The Kier molecular flexibility index (Phi) is 5.73. The third-order valence-electron chi connectivity index (χ3n) is 3.22. The average Bonchev–Trinajstić information content (AvgIpc) is 2.57. The number of hydrogen-bond acceptors (Lipinski definition) is 4. The number of phenols is 2. The predicted molar refractivity (Wildman–Crippen MR) is 92.6 cm³/mol. The molecule has 0 aliphatic heterocycles. The van der Waals surface area contributed by atoms with E-state index in [4.69, 9.17) is 0 Å². The normalized spacial score (nSPS) is 9.74. The first-order valence-electron chi connectivity index (χ1n) is 6.81. The fourth-order valence-electron chi connectivity index (χ4n) is 2.18. The molecule has 0 fully saturated rings. The van der Waals surface area contributed by atoms with Gasteiger partial charge in [0.25, 0.3) is 0 Å². The minimum atomic E-state index is 0. The number of nitrogens with zero attached hydrogens (tertiary/aromatic N) is 2. The first kappa shape index (κ1) is 17.0. The molecule has 2 aromatic carbocycles. The Morgan fingerprint density at radius 1 is 0.565 bits per heavy atom. The molecule has 23 heavy (non-hydrogen) atoms. The van der Waals surface area contributed by atoms with E-state index in [1.54, 1.807) is 36.7 Å². The van der Waals surface area contributed by atoms with Crippen LogP contribution in [-0.2, 0) is 0 Å². The highest BCUT2D eigenvalue weighted by Crippen LogP contribution is 2.21. The highest BCUT2D eigenvalue weighted by molar-refractivity contribution is 5.84. The topological polar surface area (TPSA) is 66.2 Å². The summed E-state index contributed by atoms with van der Waals surface area (Å²) in [6.07, 6.45) is 3.34. The van der Waals surface area contributed by atoms with Crippen molar-refractivity contribution >= 4 is 44.9 Å². The van der Waals surface area contributed by atoms with E-state index in [0.29, 0.717) is 11.0 Å². The molecule has 110 valence electrons. The standard InChI is InChI=1S/2C9H7NO.Mg/c2*11-8-5-1-3-7-4-2-6-10-9(7)8;/h2*1-6,11H;. The lowest BCUT2D eigenvalue weighted by molar-refractivity contribution is 0.480. The van der Waals surface area contributed by atoms with Crippen LogP contribution < -0.4 is 0 Å². The zero-order valence-electron chi connectivity index (χ0n) is 12.4. The Labute approximate surface area is 149 Å². The van der Waals surface area contributed by atoms with E-state index in [-0.39, 0.29) is 34.6 Å². The fourth-order valence-corrected chi connectivity index (χ4v) is 2.18. The number of para-hydroxylation sites is 2. The second kappa shape index (κ2) is 7.76. The van der Waals surface area contributed by atoms with Gasteiger partial charge >= 0.3 is 0 Å². The van der Waals surface area contributed by atoms with Crippen molar-refractivity contribution in [3.63, 3.8) is 0 Å². The third kappa shape index (κ3) is 3.88. The van der Waals surface area contributed by atoms with Gasteiger partial charge in [0.1, 0.15) is 22.5 Å². The van der Waals surface area contributed by atoms with Crippen LogP contribution in [0.1, 0.15) is 0 Å². The zero-order valence-corrected chi connectivity index (χ0v) is 13.8. The second-order valence-corrected chi connectivity index (χ2v) is 4.70. The van der Waals surface area contributed by atoms with E-state index in [1.165, 1.54) is 0 Å². The number of rotatable bonds is 0. The molecular weight excluding hydrogens is 301 g/mol. The maximum Gasteiger partial charge on any atom is 0.141 e. The van der Waals surface area contributed by atoms with E-state index >= 15 is 0 Å². The SMILES string of the molecule is Oc1cccc2cccnc12.Oc1cccc2cccnc12.[Mg]. The minimum absolute atomic E-state index is 0. The smallest absolute Gasteiger partial charge is 0.141 e. The Morgan fingerprint density at radius 2 is 0.957 bits per heavy atom. The monoisotopic (exact) mass is 314 g/mol. The van der Waals surface area contributed by atoms with Crippen LogP contribution in [0, 0.1) is 0 Å². The van der Waals surface area contributed by atoms with Crippen molar-refractivity contribution in [2.75, 3.05) is 0 Å². The quantitative estimate of drug-likeness (QED) is 0.488. The lowest BCUT2D eigenvalue weighted by Crippen LogP contribution is -1.76. The van der Waals surface area contributed by atoms with Crippen LogP contribution in [0.3, 0.4) is 0 Å². The van der Waals surface area contributed by atoms with Crippen molar-refractivity contribution in [2.45, 2.75) is 0 Å². The Hall–Kier alpha value is -2.37. The molecule has 0 unspecified atom stereocenters. The van der Waals surface area contributed by atoms with Gasteiger partial charge in [-0.3, -0.25) is 9.97 Å². The van der Waals surface area contributed by atoms with Gasteiger partial charge in [0.15, 0.2) is 0 Å².